The van der Waals surface area contributed by atoms with E-state index in [9.17, 15) is 0 Å². The number of nitrogens with one attached hydrogen (secondary N) is 1. The predicted molar refractivity (Wildman–Crippen MR) is 60.4 cm³/mol. The molecule has 2 heterocycles. The lowest BCUT2D eigenvalue weighted by atomic mass is 10.1. The van der Waals surface area contributed by atoms with Crippen molar-refractivity contribution in [3.8, 4) is 0 Å². The van der Waals surface area contributed by atoms with Crippen LogP contribution in [0.15, 0.2) is 12.4 Å². The van der Waals surface area contributed by atoms with Crippen molar-refractivity contribution >= 4 is 11.8 Å². The summed E-state index contributed by atoms with van der Waals surface area (Å²) < 4.78 is 2.21. The van der Waals surface area contributed by atoms with Gasteiger partial charge in [-0.3, -0.25) is 0 Å². The van der Waals surface area contributed by atoms with Crippen LogP contribution in [0.3, 0.4) is 0 Å². The van der Waals surface area contributed by atoms with E-state index in [0.29, 0.717) is 0 Å². The first-order chi connectivity index (χ1) is 6.90. The second-order valence-corrected chi connectivity index (χ2v) is 4.70. The summed E-state index contributed by atoms with van der Waals surface area (Å²) in [4.78, 5) is 4.35. The molecule has 0 unspecified atom stereocenters. The molecule has 1 saturated heterocycles. The lowest BCUT2D eigenvalue weighted by Gasteiger charge is -2.26. The van der Waals surface area contributed by atoms with Gasteiger partial charge in [0.15, 0.2) is 0 Å². The highest BCUT2D eigenvalue weighted by atomic mass is 32.2. The van der Waals surface area contributed by atoms with Crippen LogP contribution in [-0.2, 0) is 12.3 Å². The summed E-state index contributed by atoms with van der Waals surface area (Å²) in [7, 11) is 0. The summed E-state index contributed by atoms with van der Waals surface area (Å²) in [5.41, 5.74) is 0. The standard InChI is InChI=1S/C10H17N3S/c1-2-13-4-3-12-10(13)8-14-7-9-5-11-6-9/h3-4,9,11H,2,5-8H2,1H3. The molecular weight excluding hydrogens is 194 g/mol. The Kier molecular flexibility index (Phi) is 3.48. The zero-order valence-corrected chi connectivity index (χ0v) is 9.39. The van der Waals surface area contributed by atoms with Crippen molar-refractivity contribution in [1.82, 2.24) is 14.9 Å². The van der Waals surface area contributed by atoms with Crippen LogP contribution < -0.4 is 5.32 Å². The van der Waals surface area contributed by atoms with Crippen molar-refractivity contribution in [2.75, 3.05) is 18.8 Å². The summed E-state index contributed by atoms with van der Waals surface area (Å²) >= 11 is 2.00. The van der Waals surface area contributed by atoms with Crippen LogP contribution in [-0.4, -0.2) is 28.4 Å². The maximum Gasteiger partial charge on any atom is 0.118 e. The van der Waals surface area contributed by atoms with E-state index in [-0.39, 0.29) is 0 Å². The third-order valence-electron chi connectivity index (χ3n) is 2.59. The third-order valence-corrected chi connectivity index (χ3v) is 3.76. The lowest BCUT2D eigenvalue weighted by Crippen LogP contribution is -2.43. The molecule has 1 aliphatic rings. The number of hydrogen-bond acceptors (Lipinski definition) is 3. The SMILES string of the molecule is CCn1ccnc1CSCC1CNC1. The van der Waals surface area contributed by atoms with Crippen LogP contribution in [0.4, 0.5) is 0 Å². The van der Waals surface area contributed by atoms with Crippen molar-refractivity contribution < 1.29 is 0 Å². The largest absolute Gasteiger partial charge is 0.335 e. The van der Waals surface area contributed by atoms with Crippen LogP contribution in [0.2, 0.25) is 0 Å². The smallest absolute Gasteiger partial charge is 0.118 e. The Balaban J connectivity index is 1.73. The van der Waals surface area contributed by atoms with E-state index in [1.165, 1.54) is 24.7 Å². The van der Waals surface area contributed by atoms with E-state index in [1.807, 2.05) is 18.0 Å². The molecule has 0 spiro atoms. The van der Waals surface area contributed by atoms with Gasteiger partial charge >= 0.3 is 0 Å². The van der Waals surface area contributed by atoms with Crippen LogP contribution >= 0.6 is 11.8 Å². The molecule has 1 N–H and O–H groups in total. The first kappa shape index (κ1) is 10.1. The van der Waals surface area contributed by atoms with E-state index >= 15 is 0 Å². The van der Waals surface area contributed by atoms with Crippen LogP contribution in [0, 0.1) is 5.92 Å². The Labute approximate surface area is 89.3 Å². The Morgan fingerprint density at radius 1 is 1.64 bits per heavy atom. The predicted octanol–water partition coefficient (Wildman–Crippen LogP) is 1.36. The monoisotopic (exact) mass is 211 g/mol. The number of thioether (sulfide) groups is 1. The van der Waals surface area contributed by atoms with Crippen molar-refractivity contribution in [2.45, 2.75) is 19.2 Å². The van der Waals surface area contributed by atoms with Gasteiger partial charge in [-0.1, -0.05) is 0 Å². The molecule has 0 aliphatic carbocycles. The highest BCUT2D eigenvalue weighted by Crippen LogP contribution is 2.16. The first-order valence-corrected chi connectivity index (χ1v) is 6.34. The van der Waals surface area contributed by atoms with Gasteiger partial charge in [-0.2, -0.15) is 11.8 Å². The normalized spacial score (nSPS) is 16.9. The molecular formula is C10H17N3S. The average molecular weight is 211 g/mol. The van der Waals surface area contributed by atoms with Gasteiger partial charge in [-0.15, -0.1) is 0 Å². The van der Waals surface area contributed by atoms with E-state index in [0.717, 1.165) is 18.2 Å². The van der Waals surface area contributed by atoms with Crippen molar-refractivity contribution in [3.63, 3.8) is 0 Å². The fourth-order valence-electron chi connectivity index (χ4n) is 1.55. The van der Waals surface area contributed by atoms with Gasteiger partial charge in [-0.25, -0.2) is 4.98 Å². The molecule has 3 nitrogen and oxygen atoms in total. The number of hydrogen-bond donors (Lipinski definition) is 1. The number of aromatic nitrogens is 2. The fraction of sp³-hybridized carbons (Fsp3) is 0.700. The van der Waals surface area contributed by atoms with Gasteiger partial charge in [0.25, 0.3) is 0 Å². The molecule has 0 amide bonds. The van der Waals surface area contributed by atoms with Crippen LogP contribution in [0.25, 0.3) is 0 Å². The highest BCUT2D eigenvalue weighted by Gasteiger charge is 2.16. The van der Waals surface area contributed by atoms with Gasteiger partial charge in [0.1, 0.15) is 5.82 Å². The number of imidazole rings is 1. The van der Waals surface area contributed by atoms with Gasteiger partial charge in [0.05, 0.1) is 5.75 Å². The lowest BCUT2D eigenvalue weighted by molar-refractivity contribution is 0.385. The third kappa shape index (κ3) is 2.30. The molecule has 0 atom stereocenters. The Bertz CT molecular complexity index is 281. The van der Waals surface area contributed by atoms with Crippen LogP contribution in [0.5, 0.6) is 0 Å². The average Bonchev–Trinajstić information content (AvgIpc) is 2.56. The highest BCUT2D eigenvalue weighted by molar-refractivity contribution is 7.98. The topological polar surface area (TPSA) is 29.9 Å². The van der Waals surface area contributed by atoms with E-state index in [1.54, 1.807) is 0 Å². The molecule has 78 valence electrons. The molecule has 14 heavy (non-hydrogen) atoms. The van der Waals surface area contributed by atoms with E-state index in [4.69, 9.17) is 0 Å². The molecule has 1 fully saturated rings. The van der Waals surface area contributed by atoms with Crippen molar-refractivity contribution in [2.24, 2.45) is 5.92 Å². The van der Waals surface area contributed by atoms with Gasteiger partial charge in [0.2, 0.25) is 0 Å². The summed E-state index contributed by atoms with van der Waals surface area (Å²) in [6, 6.07) is 0. The summed E-state index contributed by atoms with van der Waals surface area (Å²) in [6.45, 7) is 5.59. The minimum atomic E-state index is 0.894. The molecule has 1 aromatic rings. The summed E-state index contributed by atoms with van der Waals surface area (Å²) in [5.74, 6) is 4.43. The van der Waals surface area contributed by atoms with E-state index < -0.39 is 0 Å². The molecule has 0 radical (unpaired) electrons. The maximum atomic E-state index is 4.35. The zero-order chi connectivity index (χ0) is 9.80. The molecule has 1 aromatic heterocycles. The van der Waals surface area contributed by atoms with Gasteiger partial charge in [-0.05, 0) is 31.7 Å². The number of aryl methyl sites for hydroxylation is 1. The second kappa shape index (κ2) is 4.84. The molecule has 0 aromatic carbocycles. The van der Waals surface area contributed by atoms with Gasteiger partial charge in [0, 0.05) is 18.9 Å². The number of rotatable bonds is 5. The Hall–Kier alpha value is -0.480. The van der Waals surface area contributed by atoms with Gasteiger partial charge < -0.3 is 9.88 Å². The molecule has 2 rings (SSSR count). The van der Waals surface area contributed by atoms with E-state index in [2.05, 4.69) is 28.0 Å². The first-order valence-electron chi connectivity index (χ1n) is 5.18. The number of nitrogens with zero attached hydrogens (tertiary/aromatic N) is 2. The maximum absolute atomic E-state index is 4.35. The van der Waals surface area contributed by atoms with Crippen LogP contribution in [0.1, 0.15) is 12.7 Å². The quantitative estimate of drug-likeness (QED) is 0.797. The minimum Gasteiger partial charge on any atom is -0.335 e. The Morgan fingerprint density at radius 2 is 2.50 bits per heavy atom. The molecule has 0 bridgehead atoms. The molecule has 4 heteroatoms. The fourth-order valence-corrected chi connectivity index (χ4v) is 2.66. The minimum absolute atomic E-state index is 0.894. The second-order valence-electron chi connectivity index (χ2n) is 3.67. The van der Waals surface area contributed by atoms with Crippen molar-refractivity contribution in [1.29, 1.82) is 0 Å². The zero-order valence-electron chi connectivity index (χ0n) is 8.57. The Morgan fingerprint density at radius 3 is 3.14 bits per heavy atom. The summed E-state index contributed by atoms with van der Waals surface area (Å²) in [6.07, 6.45) is 3.95. The molecule has 1 aliphatic heterocycles. The summed E-state index contributed by atoms with van der Waals surface area (Å²) in [5, 5.41) is 3.29. The molecule has 0 saturated carbocycles. The van der Waals surface area contributed by atoms with Crippen molar-refractivity contribution in [3.05, 3.63) is 18.2 Å².